The van der Waals surface area contributed by atoms with Gasteiger partial charge in [0, 0.05) is 45.3 Å². The Hall–Kier alpha value is -3.20. The molecule has 0 aliphatic carbocycles. The first-order chi connectivity index (χ1) is 16.0. The first kappa shape index (κ1) is 23.0. The van der Waals surface area contributed by atoms with Crippen molar-refractivity contribution in [1.29, 1.82) is 0 Å². The monoisotopic (exact) mass is 453 g/mol. The molecule has 1 saturated heterocycles. The number of hydrogen-bond donors (Lipinski definition) is 1. The number of fused-ring (bicyclic) bond motifs is 1. The minimum absolute atomic E-state index is 0.0582. The van der Waals surface area contributed by atoms with E-state index in [1.807, 2.05) is 29.5 Å². The van der Waals surface area contributed by atoms with Crippen LogP contribution in [0.2, 0.25) is 0 Å². The molecule has 4 rings (SSSR count). The van der Waals surface area contributed by atoms with Crippen LogP contribution >= 0.6 is 0 Å². The number of likely N-dealkylation sites (tertiary alicyclic amines) is 1. The van der Waals surface area contributed by atoms with Gasteiger partial charge in [0.1, 0.15) is 5.69 Å². The molecule has 33 heavy (non-hydrogen) atoms. The van der Waals surface area contributed by atoms with Gasteiger partial charge in [0.2, 0.25) is 5.91 Å². The van der Waals surface area contributed by atoms with Gasteiger partial charge in [-0.1, -0.05) is 0 Å². The summed E-state index contributed by atoms with van der Waals surface area (Å²) in [6.07, 6.45) is 5.38. The van der Waals surface area contributed by atoms with E-state index in [9.17, 15) is 9.59 Å². The van der Waals surface area contributed by atoms with E-state index in [4.69, 9.17) is 14.1 Å². The smallest absolute Gasteiger partial charge is 0.254 e. The quantitative estimate of drug-likeness (QED) is 0.525. The minimum atomic E-state index is -0.0728. The zero-order chi connectivity index (χ0) is 23.4. The summed E-state index contributed by atoms with van der Waals surface area (Å²) in [6, 6.07) is 5.51. The van der Waals surface area contributed by atoms with Gasteiger partial charge in [0.15, 0.2) is 11.4 Å². The number of nitrogens with one attached hydrogen (secondary N) is 1. The van der Waals surface area contributed by atoms with Crippen molar-refractivity contribution in [2.75, 3.05) is 33.4 Å². The van der Waals surface area contributed by atoms with Crippen LogP contribution in [-0.4, -0.2) is 64.8 Å². The van der Waals surface area contributed by atoms with Crippen LogP contribution in [0, 0.1) is 5.92 Å². The molecule has 0 atom stereocenters. The molecule has 0 saturated carbocycles. The third-order valence-electron chi connectivity index (χ3n) is 6.04. The van der Waals surface area contributed by atoms with E-state index in [0.29, 0.717) is 61.7 Å². The van der Waals surface area contributed by atoms with Crippen molar-refractivity contribution in [2.24, 2.45) is 5.92 Å². The number of aromatic nitrogens is 3. The molecule has 0 spiro atoms. The number of rotatable bonds is 8. The Balaban J connectivity index is 1.52. The fraction of sp³-hybridized carbons (Fsp3) is 0.500. The number of carbonyl (C=O) groups is 2. The van der Waals surface area contributed by atoms with Crippen LogP contribution in [-0.2, 0) is 9.53 Å². The van der Waals surface area contributed by atoms with Crippen LogP contribution in [0.4, 0.5) is 0 Å². The Morgan fingerprint density at radius 2 is 2.09 bits per heavy atom. The van der Waals surface area contributed by atoms with Gasteiger partial charge in [0.25, 0.3) is 5.91 Å². The standard InChI is InChI=1S/C24H31N5O4/c1-16(2)29-22-19(15-26-29)18(14-20(27-22)21-6-4-13-33-21)24(31)28-10-7-17(8-11-28)23(30)25-9-5-12-32-3/h4,6,13-17H,5,7-12H2,1-3H3,(H,25,30). The predicted octanol–water partition coefficient (Wildman–Crippen LogP) is 3.28. The fourth-order valence-electron chi connectivity index (χ4n) is 4.21. The van der Waals surface area contributed by atoms with Crippen LogP contribution in [0.1, 0.15) is 49.5 Å². The van der Waals surface area contributed by atoms with E-state index >= 15 is 0 Å². The second-order valence-electron chi connectivity index (χ2n) is 8.66. The number of methoxy groups -OCH3 is 1. The first-order valence-electron chi connectivity index (χ1n) is 11.5. The second-order valence-corrected chi connectivity index (χ2v) is 8.66. The number of ether oxygens (including phenoxy) is 1. The number of pyridine rings is 1. The Bertz CT molecular complexity index is 1100. The van der Waals surface area contributed by atoms with Gasteiger partial charge in [0.05, 0.1) is 23.4 Å². The highest BCUT2D eigenvalue weighted by Crippen LogP contribution is 2.28. The van der Waals surface area contributed by atoms with Crippen molar-refractivity contribution in [3.63, 3.8) is 0 Å². The first-order valence-corrected chi connectivity index (χ1v) is 11.5. The molecule has 0 radical (unpaired) electrons. The Kier molecular flexibility index (Phi) is 7.08. The van der Waals surface area contributed by atoms with Crippen molar-refractivity contribution in [2.45, 2.75) is 39.2 Å². The van der Waals surface area contributed by atoms with Gasteiger partial charge in [-0.15, -0.1) is 0 Å². The largest absolute Gasteiger partial charge is 0.463 e. The van der Waals surface area contributed by atoms with Crippen LogP contribution in [0.3, 0.4) is 0 Å². The lowest BCUT2D eigenvalue weighted by Crippen LogP contribution is -2.43. The average molecular weight is 454 g/mol. The maximum Gasteiger partial charge on any atom is 0.254 e. The van der Waals surface area contributed by atoms with Crippen molar-refractivity contribution >= 4 is 22.8 Å². The van der Waals surface area contributed by atoms with E-state index in [1.54, 1.807) is 31.7 Å². The second kappa shape index (κ2) is 10.2. The number of nitrogens with zero attached hydrogens (tertiary/aromatic N) is 4. The van der Waals surface area contributed by atoms with Gasteiger partial charge in [-0.2, -0.15) is 5.10 Å². The van der Waals surface area contributed by atoms with Gasteiger partial charge in [-0.3, -0.25) is 9.59 Å². The summed E-state index contributed by atoms with van der Waals surface area (Å²) in [5.41, 5.74) is 1.82. The highest BCUT2D eigenvalue weighted by molar-refractivity contribution is 6.06. The highest BCUT2D eigenvalue weighted by Gasteiger charge is 2.29. The fourth-order valence-corrected chi connectivity index (χ4v) is 4.21. The summed E-state index contributed by atoms with van der Waals surface area (Å²) in [6.45, 7) is 6.36. The number of amides is 2. The lowest BCUT2D eigenvalue weighted by molar-refractivity contribution is -0.126. The molecule has 1 aliphatic rings. The number of carbonyl (C=O) groups excluding carboxylic acids is 2. The molecule has 0 unspecified atom stereocenters. The average Bonchev–Trinajstić information content (AvgIpc) is 3.51. The van der Waals surface area contributed by atoms with Crippen molar-refractivity contribution in [1.82, 2.24) is 25.0 Å². The Morgan fingerprint density at radius 3 is 2.76 bits per heavy atom. The summed E-state index contributed by atoms with van der Waals surface area (Å²) in [4.78, 5) is 32.6. The zero-order valence-electron chi connectivity index (χ0n) is 19.4. The SMILES string of the molecule is COCCCNC(=O)C1CCN(C(=O)c2cc(-c3ccco3)nc3c2cnn3C(C)C)CC1. The minimum Gasteiger partial charge on any atom is -0.463 e. The van der Waals surface area contributed by atoms with Crippen LogP contribution in [0.15, 0.2) is 35.1 Å². The summed E-state index contributed by atoms with van der Waals surface area (Å²) in [5.74, 6) is 0.517. The Morgan fingerprint density at radius 1 is 1.30 bits per heavy atom. The van der Waals surface area contributed by atoms with E-state index in [1.165, 1.54) is 0 Å². The van der Waals surface area contributed by atoms with Crippen LogP contribution < -0.4 is 5.32 Å². The maximum atomic E-state index is 13.6. The van der Waals surface area contributed by atoms with Crippen LogP contribution in [0.5, 0.6) is 0 Å². The molecule has 1 aliphatic heterocycles. The third-order valence-corrected chi connectivity index (χ3v) is 6.04. The normalized spacial score (nSPS) is 14.8. The van der Waals surface area contributed by atoms with Crippen LogP contribution in [0.25, 0.3) is 22.5 Å². The van der Waals surface area contributed by atoms with Crippen molar-refractivity contribution in [3.05, 3.63) is 36.2 Å². The zero-order valence-corrected chi connectivity index (χ0v) is 19.4. The predicted molar refractivity (Wildman–Crippen MR) is 124 cm³/mol. The molecule has 3 aromatic heterocycles. The van der Waals surface area contributed by atoms with Gasteiger partial charge >= 0.3 is 0 Å². The molecule has 1 N–H and O–H groups in total. The lowest BCUT2D eigenvalue weighted by atomic mass is 9.95. The molecule has 9 nitrogen and oxygen atoms in total. The van der Waals surface area contributed by atoms with E-state index in [2.05, 4.69) is 10.4 Å². The number of hydrogen-bond acceptors (Lipinski definition) is 6. The summed E-state index contributed by atoms with van der Waals surface area (Å²) in [5, 5.41) is 8.17. The summed E-state index contributed by atoms with van der Waals surface area (Å²) in [7, 11) is 1.65. The van der Waals surface area contributed by atoms with E-state index < -0.39 is 0 Å². The van der Waals surface area contributed by atoms with E-state index in [0.717, 1.165) is 11.8 Å². The molecular formula is C24H31N5O4. The third kappa shape index (κ3) is 4.93. The molecule has 2 amide bonds. The molecular weight excluding hydrogens is 422 g/mol. The number of furan rings is 1. The van der Waals surface area contributed by atoms with Gasteiger partial charge in [-0.05, 0) is 51.3 Å². The van der Waals surface area contributed by atoms with Gasteiger partial charge in [-0.25, -0.2) is 9.67 Å². The molecule has 9 heteroatoms. The molecule has 4 heterocycles. The van der Waals surface area contributed by atoms with E-state index in [-0.39, 0.29) is 23.8 Å². The van der Waals surface area contributed by atoms with Crippen molar-refractivity contribution in [3.8, 4) is 11.5 Å². The summed E-state index contributed by atoms with van der Waals surface area (Å²) < 4.78 is 12.4. The highest BCUT2D eigenvalue weighted by atomic mass is 16.5. The topological polar surface area (TPSA) is 102 Å². The molecule has 1 fully saturated rings. The van der Waals surface area contributed by atoms with Crippen molar-refractivity contribution < 1.29 is 18.7 Å². The molecule has 0 aromatic carbocycles. The van der Waals surface area contributed by atoms with Gasteiger partial charge < -0.3 is 19.4 Å². The molecule has 0 bridgehead atoms. The molecule has 176 valence electrons. The maximum absolute atomic E-state index is 13.6. The summed E-state index contributed by atoms with van der Waals surface area (Å²) >= 11 is 0. The molecule has 3 aromatic rings. The number of piperidine rings is 1. The Labute approximate surface area is 193 Å². The lowest BCUT2D eigenvalue weighted by Gasteiger charge is -2.31.